The van der Waals surface area contributed by atoms with Crippen LogP contribution in [0.15, 0.2) is 22.0 Å². The SMILES string of the molecule is Cc1noc(C)c1CN(C)C(=O)N[C@H](c1cccs1)C1CCCC1. The lowest BCUT2D eigenvalue weighted by Crippen LogP contribution is -2.41. The van der Waals surface area contributed by atoms with Crippen molar-refractivity contribution in [3.05, 3.63) is 39.4 Å². The van der Waals surface area contributed by atoms with Crippen molar-refractivity contribution in [2.75, 3.05) is 7.05 Å². The quantitative estimate of drug-likeness (QED) is 0.870. The second-order valence-electron chi connectivity index (χ2n) is 6.65. The van der Waals surface area contributed by atoms with Crippen molar-refractivity contribution < 1.29 is 9.32 Å². The Morgan fingerprint density at radius 1 is 1.46 bits per heavy atom. The summed E-state index contributed by atoms with van der Waals surface area (Å²) in [5.41, 5.74) is 1.83. The van der Waals surface area contributed by atoms with Gasteiger partial charge in [-0.25, -0.2) is 4.79 Å². The predicted molar refractivity (Wildman–Crippen MR) is 95.0 cm³/mol. The van der Waals surface area contributed by atoms with Gasteiger partial charge in [0, 0.05) is 17.5 Å². The third-order valence-electron chi connectivity index (χ3n) is 4.92. The van der Waals surface area contributed by atoms with Gasteiger partial charge in [0.2, 0.25) is 0 Å². The normalized spacial score (nSPS) is 16.3. The number of amides is 2. The monoisotopic (exact) mass is 347 g/mol. The highest BCUT2D eigenvalue weighted by Gasteiger charge is 2.29. The summed E-state index contributed by atoms with van der Waals surface area (Å²) in [6, 6.07) is 4.26. The molecule has 0 aliphatic heterocycles. The van der Waals surface area contributed by atoms with Gasteiger partial charge in [0.1, 0.15) is 5.76 Å². The van der Waals surface area contributed by atoms with E-state index in [-0.39, 0.29) is 12.1 Å². The first-order valence-electron chi connectivity index (χ1n) is 8.53. The minimum absolute atomic E-state index is 0.0414. The largest absolute Gasteiger partial charge is 0.361 e. The molecule has 0 unspecified atom stereocenters. The Kier molecular flexibility index (Phi) is 5.23. The van der Waals surface area contributed by atoms with Gasteiger partial charge >= 0.3 is 6.03 Å². The standard InChI is InChI=1S/C18H25N3O2S/c1-12-15(13(2)23-20-12)11-21(3)18(22)19-17(14-7-4-5-8-14)16-9-6-10-24-16/h6,9-10,14,17H,4-5,7-8,11H2,1-3H3,(H,19,22)/t17-/m0/s1. The number of rotatable bonds is 5. The maximum absolute atomic E-state index is 12.7. The van der Waals surface area contributed by atoms with Crippen molar-refractivity contribution >= 4 is 17.4 Å². The van der Waals surface area contributed by atoms with Crippen molar-refractivity contribution in [3.63, 3.8) is 0 Å². The van der Waals surface area contributed by atoms with E-state index in [1.54, 1.807) is 16.2 Å². The smallest absolute Gasteiger partial charge is 0.317 e. The van der Waals surface area contributed by atoms with Crippen LogP contribution in [0.5, 0.6) is 0 Å². The lowest BCUT2D eigenvalue weighted by molar-refractivity contribution is 0.197. The van der Waals surface area contributed by atoms with Crippen molar-refractivity contribution in [1.29, 1.82) is 0 Å². The van der Waals surface area contributed by atoms with Crippen molar-refractivity contribution in [3.8, 4) is 0 Å². The number of nitrogens with zero attached hydrogens (tertiary/aromatic N) is 2. The third-order valence-corrected chi connectivity index (χ3v) is 5.88. The zero-order valence-corrected chi connectivity index (χ0v) is 15.4. The molecular formula is C18H25N3O2S. The van der Waals surface area contributed by atoms with Crippen LogP contribution in [0, 0.1) is 19.8 Å². The van der Waals surface area contributed by atoms with Crippen LogP contribution < -0.4 is 5.32 Å². The summed E-state index contributed by atoms with van der Waals surface area (Å²) in [6.45, 7) is 4.30. The fourth-order valence-corrected chi connectivity index (χ4v) is 4.33. The van der Waals surface area contributed by atoms with E-state index in [2.05, 4.69) is 28.0 Å². The first-order valence-corrected chi connectivity index (χ1v) is 9.41. The van der Waals surface area contributed by atoms with E-state index >= 15 is 0 Å². The summed E-state index contributed by atoms with van der Waals surface area (Å²) < 4.78 is 5.19. The Hall–Kier alpha value is -1.82. The van der Waals surface area contributed by atoms with Crippen LogP contribution in [0.2, 0.25) is 0 Å². The minimum atomic E-state index is -0.0414. The van der Waals surface area contributed by atoms with Crippen LogP contribution in [0.4, 0.5) is 4.79 Å². The van der Waals surface area contributed by atoms with Crippen LogP contribution >= 0.6 is 11.3 Å². The van der Waals surface area contributed by atoms with Crippen LogP contribution in [0.25, 0.3) is 0 Å². The number of aromatic nitrogens is 1. The first-order chi connectivity index (χ1) is 11.6. The fourth-order valence-electron chi connectivity index (χ4n) is 3.46. The van der Waals surface area contributed by atoms with E-state index < -0.39 is 0 Å². The molecule has 24 heavy (non-hydrogen) atoms. The highest BCUT2D eigenvalue weighted by molar-refractivity contribution is 7.10. The number of hydrogen-bond donors (Lipinski definition) is 1. The topological polar surface area (TPSA) is 58.4 Å². The molecule has 3 rings (SSSR count). The molecule has 2 aromatic rings. The zero-order chi connectivity index (χ0) is 17.1. The lowest BCUT2D eigenvalue weighted by atomic mass is 9.97. The third kappa shape index (κ3) is 3.64. The maximum Gasteiger partial charge on any atom is 0.317 e. The average Bonchev–Trinajstić information content (AvgIpc) is 3.31. The summed E-state index contributed by atoms with van der Waals surface area (Å²) in [7, 11) is 1.82. The number of urea groups is 1. The van der Waals surface area contributed by atoms with Crippen molar-refractivity contribution in [2.45, 2.75) is 52.1 Å². The molecule has 130 valence electrons. The summed E-state index contributed by atoms with van der Waals surface area (Å²) in [5, 5.41) is 9.30. The van der Waals surface area contributed by atoms with Gasteiger partial charge in [0.25, 0.3) is 0 Å². The fraction of sp³-hybridized carbons (Fsp3) is 0.556. The van der Waals surface area contributed by atoms with Crippen LogP contribution in [0.1, 0.15) is 53.6 Å². The van der Waals surface area contributed by atoms with Crippen molar-refractivity contribution in [2.24, 2.45) is 5.92 Å². The molecule has 6 heteroatoms. The Morgan fingerprint density at radius 2 is 2.21 bits per heavy atom. The summed E-state index contributed by atoms with van der Waals surface area (Å²) in [6.07, 6.45) is 4.90. The van der Waals surface area contributed by atoms with E-state index in [1.165, 1.54) is 30.6 Å². The molecule has 2 amide bonds. The van der Waals surface area contributed by atoms with Gasteiger partial charge in [-0.1, -0.05) is 24.1 Å². The summed E-state index contributed by atoms with van der Waals surface area (Å²) in [5.74, 6) is 1.32. The molecule has 0 aromatic carbocycles. The highest BCUT2D eigenvalue weighted by Crippen LogP contribution is 2.37. The van der Waals surface area contributed by atoms with Crippen LogP contribution in [0.3, 0.4) is 0 Å². The number of aryl methyl sites for hydroxylation is 2. The molecule has 2 heterocycles. The van der Waals surface area contributed by atoms with Crippen LogP contribution in [-0.4, -0.2) is 23.1 Å². The molecule has 5 nitrogen and oxygen atoms in total. The Bertz CT molecular complexity index is 655. The van der Waals surface area contributed by atoms with E-state index in [4.69, 9.17) is 4.52 Å². The number of hydrogen-bond acceptors (Lipinski definition) is 4. The lowest BCUT2D eigenvalue weighted by Gasteiger charge is -2.27. The summed E-state index contributed by atoms with van der Waals surface area (Å²) in [4.78, 5) is 15.7. The maximum atomic E-state index is 12.7. The molecule has 1 atom stereocenters. The first kappa shape index (κ1) is 17.0. The molecule has 0 saturated heterocycles. The van der Waals surface area contributed by atoms with E-state index in [9.17, 15) is 4.79 Å². The number of carbonyl (C=O) groups is 1. The Balaban J connectivity index is 1.68. The minimum Gasteiger partial charge on any atom is -0.361 e. The molecule has 1 saturated carbocycles. The molecule has 1 aliphatic rings. The molecule has 2 aromatic heterocycles. The molecule has 1 N–H and O–H groups in total. The second-order valence-corrected chi connectivity index (χ2v) is 7.63. The van der Waals surface area contributed by atoms with Gasteiger partial charge in [0.15, 0.2) is 0 Å². The van der Waals surface area contributed by atoms with E-state index in [0.717, 1.165) is 17.0 Å². The van der Waals surface area contributed by atoms with Gasteiger partial charge in [0.05, 0.1) is 18.3 Å². The molecule has 1 fully saturated rings. The highest BCUT2D eigenvalue weighted by atomic mass is 32.1. The zero-order valence-electron chi connectivity index (χ0n) is 14.5. The van der Waals surface area contributed by atoms with Gasteiger partial charge in [-0.2, -0.15) is 0 Å². The average molecular weight is 347 g/mol. The molecule has 0 spiro atoms. The Labute approximate surface area is 147 Å². The molecule has 0 radical (unpaired) electrons. The van der Waals surface area contributed by atoms with Gasteiger partial charge < -0.3 is 14.7 Å². The van der Waals surface area contributed by atoms with Crippen LogP contribution in [-0.2, 0) is 6.54 Å². The Morgan fingerprint density at radius 3 is 2.79 bits per heavy atom. The van der Waals surface area contributed by atoms with Crippen molar-refractivity contribution in [1.82, 2.24) is 15.4 Å². The van der Waals surface area contributed by atoms with Gasteiger partial charge in [-0.15, -0.1) is 11.3 Å². The number of nitrogens with one attached hydrogen (secondary N) is 1. The predicted octanol–water partition coefficient (Wildman–Crippen LogP) is 4.43. The summed E-state index contributed by atoms with van der Waals surface area (Å²) >= 11 is 1.72. The molecule has 0 bridgehead atoms. The number of thiophene rings is 1. The van der Waals surface area contributed by atoms with E-state index in [0.29, 0.717) is 12.5 Å². The molecular weight excluding hydrogens is 322 g/mol. The van der Waals surface area contributed by atoms with Gasteiger partial charge in [-0.05, 0) is 44.1 Å². The van der Waals surface area contributed by atoms with Gasteiger partial charge in [-0.3, -0.25) is 0 Å². The molecule has 1 aliphatic carbocycles. The second kappa shape index (κ2) is 7.38. The number of carbonyl (C=O) groups excluding carboxylic acids is 1. The van der Waals surface area contributed by atoms with E-state index in [1.807, 2.05) is 20.9 Å².